The maximum Gasteiger partial charge on any atom is 0.266 e. The van der Waals surface area contributed by atoms with Gasteiger partial charge in [0.1, 0.15) is 17.4 Å². The van der Waals surface area contributed by atoms with E-state index >= 15 is 0 Å². The van der Waals surface area contributed by atoms with Crippen LogP contribution < -0.4 is 5.56 Å². The molecule has 2 aromatic rings. The lowest BCUT2D eigenvalue weighted by Gasteiger charge is -2.09. The first-order chi connectivity index (χ1) is 8.93. The highest BCUT2D eigenvalue weighted by Crippen LogP contribution is 2.31. The molecule has 19 heavy (non-hydrogen) atoms. The van der Waals surface area contributed by atoms with Gasteiger partial charge in [0, 0.05) is 16.8 Å². The second-order valence-electron chi connectivity index (χ2n) is 4.26. The molecule has 0 aliphatic rings. The molecule has 0 fully saturated rings. The Morgan fingerprint density at radius 2 is 1.95 bits per heavy atom. The second-order valence-corrected chi connectivity index (χ2v) is 4.67. The highest BCUT2D eigenvalue weighted by Gasteiger charge is 2.14. The number of aryl methyl sites for hydroxylation is 2. The number of H-pyrrole nitrogens is 1. The minimum Gasteiger partial charge on any atom is -0.325 e. The zero-order chi connectivity index (χ0) is 14.2. The van der Waals surface area contributed by atoms with Gasteiger partial charge in [0.25, 0.3) is 5.56 Å². The van der Waals surface area contributed by atoms with Crippen LogP contribution in [-0.4, -0.2) is 4.98 Å². The maximum absolute atomic E-state index is 13.4. The molecule has 0 saturated heterocycles. The van der Waals surface area contributed by atoms with Gasteiger partial charge >= 0.3 is 0 Å². The van der Waals surface area contributed by atoms with Crippen molar-refractivity contribution in [3.8, 4) is 17.2 Å². The van der Waals surface area contributed by atoms with Crippen LogP contribution in [0, 0.1) is 31.0 Å². The lowest BCUT2D eigenvalue weighted by Crippen LogP contribution is -2.12. The Hall–Kier alpha value is -2.12. The van der Waals surface area contributed by atoms with Gasteiger partial charge < -0.3 is 4.98 Å². The van der Waals surface area contributed by atoms with Crippen molar-refractivity contribution in [3.63, 3.8) is 0 Å². The molecule has 1 heterocycles. The Labute approximate surface area is 114 Å². The lowest BCUT2D eigenvalue weighted by atomic mass is 9.99. The monoisotopic (exact) mass is 276 g/mol. The number of benzene rings is 1. The highest BCUT2D eigenvalue weighted by atomic mass is 35.5. The molecule has 3 nitrogen and oxygen atoms in total. The molecular weight excluding hydrogens is 267 g/mol. The molecule has 0 amide bonds. The summed E-state index contributed by atoms with van der Waals surface area (Å²) in [5, 5.41) is 9.25. The fourth-order valence-electron chi connectivity index (χ4n) is 1.88. The van der Waals surface area contributed by atoms with Crippen LogP contribution in [0.1, 0.15) is 16.8 Å². The molecule has 1 aromatic heterocycles. The van der Waals surface area contributed by atoms with Crippen molar-refractivity contribution in [1.82, 2.24) is 4.98 Å². The number of nitriles is 1. The van der Waals surface area contributed by atoms with Crippen LogP contribution in [0.15, 0.2) is 23.0 Å². The standard InChI is InChI=1S/C14H10ClFN2O/c1-7-3-10(12(15)5-13(7)16)9-4-8(2)18-14(19)11(9)6-17/h3-5H,1-2H3,(H,18,19). The van der Waals surface area contributed by atoms with E-state index in [1.54, 1.807) is 19.9 Å². The summed E-state index contributed by atoms with van der Waals surface area (Å²) < 4.78 is 13.4. The summed E-state index contributed by atoms with van der Waals surface area (Å²) >= 11 is 6.01. The van der Waals surface area contributed by atoms with E-state index in [-0.39, 0.29) is 10.6 Å². The SMILES string of the molecule is Cc1cc(-c2cc(C)c(F)cc2Cl)c(C#N)c(=O)[nH]1. The fourth-order valence-corrected chi connectivity index (χ4v) is 2.13. The summed E-state index contributed by atoms with van der Waals surface area (Å²) in [4.78, 5) is 14.3. The van der Waals surface area contributed by atoms with Crippen LogP contribution in [0.5, 0.6) is 0 Å². The molecule has 2 rings (SSSR count). The summed E-state index contributed by atoms with van der Waals surface area (Å²) in [6, 6.07) is 6.22. The van der Waals surface area contributed by atoms with Crippen molar-refractivity contribution < 1.29 is 4.39 Å². The molecular formula is C14H10ClFN2O. The highest BCUT2D eigenvalue weighted by molar-refractivity contribution is 6.33. The van der Waals surface area contributed by atoms with Gasteiger partial charge in [-0.3, -0.25) is 4.79 Å². The molecule has 0 atom stereocenters. The largest absolute Gasteiger partial charge is 0.325 e. The fraction of sp³-hybridized carbons (Fsp3) is 0.143. The van der Waals surface area contributed by atoms with E-state index in [0.717, 1.165) is 0 Å². The molecule has 0 aliphatic heterocycles. The molecule has 5 heteroatoms. The number of hydrogen-bond acceptors (Lipinski definition) is 2. The van der Waals surface area contributed by atoms with Crippen LogP contribution in [0.4, 0.5) is 4.39 Å². The van der Waals surface area contributed by atoms with E-state index < -0.39 is 11.4 Å². The van der Waals surface area contributed by atoms with Crippen LogP contribution >= 0.6 is 11.6 Å². The van der Waals surface area contributed by atoms with E-state index in [2.05, 4.69) is 4.98 Å². The molecule has 0 aliphatic carbocycles. The molecule has 0 spiro atoms. The number of rotatable bonds is 1. The predicted octanol–water partition coefficient (Wildman–Crippen LogP) is 3.32. The van der Waals surface area contributed by atoms with Crippen LogP contribution in [0.3, 0.4) is 0 Å². The van der Waals surface area contributed by atoms with Crippen LogP contribution in [0.25, 0.3) is 11.1 Å². The Morgan fingerprint density at radius 3 is 2.58 bits per heavy atom. The average molecular weight is 277 g/mol. The first-order valence-electron chi connectivity index (χ1n) is 5.54. The van der Waals surface area contributed by atoms with Crippen molar-refractivity contribution in [1.29, 1.82) is 5.26 Å². The second kappa shape index (κ2) is 4.87. The quantitative estimate of drug-likeness (QED) is 0.868. The first kappa shape index (κ1) is 13.3. The van der Waals surface area contributed by atoms with Gasteiger partial charge in [-0.15, -0.1) is 0 Å². The number of pyridine rings is 1. The van der Waals surface area contributed by atoms with Gasteiger partial charge in [0.2, 0.25) is 0 Å². The zero-order valence-corrected chi connectivity index (χ0v) is 11.1. The number of halogens is 2. The normalized spacial score (nSPS) is 10.3. The number of hydrogen-bond donors (Lipinski definition) is 1. The molecule has 0 unspecified atom stereocenters. The average Bonchev–Trinajstić information content (AvgIpc) is 2.33. The Bertz CT molecular complexity index is 759. The van der Waals surface area contributed by atoms with E-state index in [4.69, 9.17) is 16.9 Å². The number of aromatic nitrogens is 1. The molecule has 0 saturated carbocycles. The number of nitrogens with zero attached hydrogens (tertiary/aromatic N) is 1. The van der Waals surface area contributed by atoms with Crippen molar-refractivity contribution in [2.24, 2.45) is 0 Å². The molecule has 1 N–H and O–H groups in total. The van der Waals surface area contributed by atoms with E-state index in [0.29, 0.717) is 22.4 Å². The number of nitrogens with one attached hydrogen (secondary N) is 1. The summed E-state index contributed by atoms with van der Waals surface area (Å²) in [5.74, 6) is -0.422. The van der Waals surface area contributed by atoms with Crippen molar-refractivity contribution in [3.05, 3.63) is 56.2 Å². The first-order valence-corrected chi connectivity index (χ1v) is 5.92. The van der Waals surface area contributed by atoms with Crippen molar-refractivity contribution in [2.75, 3.05) is 0 Å². The van der Waals surface area contributed by atoms with E-state index in [1.807, 2.05) is 6.07 Å². The van der Waals surface area contributed by atoms with Gasteiger partial charge in [-0.1, -0.05) is 11.6 Å². The molecule has 0 radical (unpaired) electrons. The summed E-state index contributed by atoms with van der Waals surface area (Å²) in [5.41, 5.74) is 1.40. The maximum atomic E-state index is 13.4. The summed E-state index contributed by atoms with van der Waals surface area (Å²) in [6.07, 6.45) is 0. The van der Waals surface area contributed by atoms with E-state index in [9.17, 15) is 9.18 Å². The molecule has 1 aromatic carbocycles. The molecule has 96 valence electrons. The van der Waals surface area contributed by atoms with Gasteiger partial charge in [-0.05, 0) is 37.6 Å². The predicted molar refractivity (Wildman–Crippen MR) is 71.7 cm³/mol. The smallest absolute Gasteiger partial charge is 0.266 e. The van der Waals surface area contributed by atoms with Crippen molar-refractivity contribution in [2.45, 2.75) is 13.8 Å². The van der Waals surface area contributed by atoms with Gasteiger partial charge in [0.05, 0.1) is 5.02 Å². The van der Waals surface area contributed by atoms with Gasteiger partial charge in [-0.25, -0.2) is 4.39 Å². The van der Waals surface area contributed by atoms with E-state index in [1.165, 1.54) is 12.1 Å². The Balaban J connectivity index is 2.83. The Kier molecular flexibility index (Phi) is 3.41. The zero-order valence-electron chi connectivity index (χ0n) is 10.3. The van der Waals surface area contributed by atoms with Crippen molar-refractivity contribution >= 4 is 11.6 Å². The minimum atomic E-state index is -0.476. The lowest BCUT2D eigenvalue weighted by molar-refractivity contribution is 0.619. The summed E-state index contributed by atoms with van der Waals surface area (Å²) in [7, 11) is 0. The van der Waals surface area contributed by atoms with Gasteiger partial charge in [-0.2, -0.15) is 5.26 Å². The summed E-state index contributed by atoms with van der Waals surface area (Å²) in [6.45, 7) is 3.30. The third-order valence-electron chi connectivity index (χ3n) is 2.82. The molecule has 0 bridgehead atoms. The third kappa shape index (κ3) is 2.38. The topological polar surface area (TPSA) is 56.6 Å². The Morgan fingerprint density at radius 1 is 1.26 bits per heavy atom. The minimum absolute atomic E-state index is 0.0292. The number of aromatic amines is 1. The van der Waals surface area contributed by atoms with Gasteiger partial charge in [0.15, 0.2) is 0 Å². The van der Waals surface area contributed by atoms with Crippen LogP contribution in [0.2, 0.25) is 5.02 Å². The van der Waals surface area contributed by atoms with Crippen LogP contribution in [-0.2, 0) is 0 Å². The third-order valence-corrected chi connectivity index (χ3v) is 3.13.